The molecule has 0 aromatic heterocycles. The number of Topliss-reactive ketones (excluding diaryl/α,β-unsaturated/α-hetero) is 1. The van der Waals surface area contributed by atoms with E-state index in [-0.39, 0.29) is 41.8 Å². The molecule has 9 atom stereocenters. The Morgan fingerprint density at radius 3 is 2.53 bits per heavy atom. The van der Waals surface area contributed by atoms with Gasteiger partial charge in [-0.2, -0.15) is 0 Å². The number of hydrogen-bond acceptors (Lipinski definition) is 7. The van der Waals surface area contributed by atoms with Crippen molar-refractivity contribution in [3.63, 3.8) is 0 Å². The second kappa shape index (κ2) is 7.44. The van der Waals surface area contributed by atoms with Crippen LogP contribution in [-0.2, 0) is 9.59 Å². The monoisotopic (exact) mass is 447 g/mol. The van der Waals surface area contributed by atoms with Gasteiger partial charge < -0.3 is 20.4 Å². The van der Waals surface area contributed by atoms with Crippen LogP contribution in [0.25, 0.3) is 0 Å². The summed E-state index contributed by atoms with van der Waals surface area (Å²) in [6, 6.07) is 0. The molecule has 4 N–H and O–H groups in total. The lowest BCUT2D eigenvalue weighted by Gasteiger charge is -2.59. The molecule has 3 saturated carbocycles. The third-order valence-electron chi connectivity index (χ3n) is 10.1. The van der Waals surface area contributed by atoms with Crippen molar-refractivity contribution in [2.24, 2.45) is 28.6 Å². The lowest BCUT2D eigenvalue weighted by Crippen LogP contribution is -2.61. The van der Waals surface area contributed by atoms with Crippen molar-refractivity contribution >= 4 is 11.6 Å². The zero-order valence-electron chi connectivity index (χ0n) is 19.2. The first-order chi connectivity index (χ1) is 15.0. The summed E-state index contributed by atoms with van der Waals surface area (Å²) in [6.45, 7) is 5.59. The molecule has 0 aromatic rings. The minimum absolute atomic E-state index is 0.0343. The maximum absolute atomic E-state index is 13.3. The Kier molecular flexibility index (Phi) is 5.27. The van der Waals surface area contributed by atoms with Gasteiger partial charge in [0.05, 0.1) is 30.5 Å². The molecule has 0 radical (unpaired) electrons. The minimum Gasteiger partial charge on any atom is -0.392 e. The molecule has 1 aliphatic heterocycles. The van der Waals surface area contributed by atoms with Gasteiger partial charge in [0, 0.05) is 30.3 Å². The predicted molar refractivity (Wildman–Crippen MR) is 117 cm³/mol. The van der Waals surface area contributed by atoms with Gasteiger partial charge in [0.1, 0.15) is 0 Å². The number of rotatable bonds is 3. The highest BCUT2D eigenvalue weighted by atomic mass is 16.3. The number of nitrogens with zero attached hydrogens (tertiary/aromatic N) is 1. The van der Waals surface area contributed by atoms with E-state index in [1.807, 2.05) is 18.7 Å². The van der Waals surface area contributed by atoms with Crippen molar-refractivity contribution in [1.82, 2.24) is 4.90 Å². The van der Waals surface area contributed by atoms with Gasteiger partial charge >= 0.3 is 0 Å². The van der Waals surface area contributed by atoms with Gasteiger partial charge in [-0.1, -0.05) is 13.8 Å². The molecule has 4 aliphatic carbocycles. The Balaban J connectivity index is 1.44. The number of fused-ring (bicyclic) bond motifs is 5. The Hall–Kier alpha value is -1.12. The molecular formula is C25H37NO6. The molecule has 8 unspecified atom stereocenters. The van der Waals surface area contributed by atoms with Gasteiger partial charge in [-0.25, -0.2) is 0 Å². The van der Waals surface area contributed by atoms with Gasteiger partial charge in [-0.15, -0.1) is 0 Å². The summed E-state index contributed by atoms with van der Waals surface area (Å²) in [7, 11) is 0. The zero-order valence-corrected chi connectivity index (χ0v) is 19.2. The van der Waals surface area contributed by atoms with E-state index in [2.05, 4.69) is 0 Å². The molecule has 5 aliphatic rings. The summed E-state index contributed by atoms with van der Waals surface area (Å²) in [5, 5.41) is 42.5. The summed E-state index contributed by atoms with van der Waals surface area (Å²) in [5.41, 5.74) is -1.57. The van der Waals surface area contributed by atoms with Gasteiger partial charge in [-0.05, 0) is 67.9 Å². The molecule has 7 nitrogen and oxygen atoms in total. The first kappa shape index (κ1) is 22.7. The number of aliphatic hydroxyl groups excluding tert-OH is 3. The molecule has 178 valence electrons. The second-order valence-corrected chi connectivity index (χ2v) is 11.7. The van der Waals surface area contributed by atoms with E-state index in [9.17, 15) is 30.0 Å². The highest BCUT2D eigenvalue weighted by Crippen LogP contribution is 2.67. The predicted octanol–water partition coefficient (Wildman–Crippen LogP) is 0.827. The van der Waals surface area contributed by atoms with E-state index >= 15 is 0 Å². The van der Waals surface area contributed by atoms with E-state index in [1.54, 1.807) is 6.08 Å². The number of β-amino-alcohol motifs (C(OH)–C–C–N with tert-alkyl or cyclic N) is 1. The molecule has 5 rings (SSSR count). The van der Waals surface area contributed by atoms with Gasteiger partial charge in [0.15, 0.2) is 11.6 Å². The number of aliphatic hydroxyl groups is 4. The van der Waals surface area contributed by atoms with Crippen LogP contribution in [0.1, 0.15) is 58.8 Å². The average Bonchev–Trinajstić information content (AvgIpc) is 3.24. The number of hydrogen-bond donors (Lipinski definition) is 4. The minimum atomic E-state index is -1.20. The number of likely N-dealkylation sites (tertiary alicyclic amines) is 1. The van der Waals surface area contributed by atoms with E-state index in [4.69, 9.17) is 0 Å². The summed E-state index contributed by atoms with van der Waals surface area (Å²) in [5.74, 6) is -0.593. The number of ketones is 2. The van der Waals surface area contributed by atoms with Crippen LogP contribution in [0.15, 0.2) is 11.6 Å². The molecule has 0 aromatic carbocycles. The van der Waals surface area contributed by atoms with Crippen molar-refractivity contribution in [3.05, 3.63) is 11.6 Å². The Labute approximate surface area is 189 Å². The number of carbonyl (C=O) groups is 2. The van der Waals surface area contributed by atoms with Crippen LogP contribution in [0, 0.1) is 28.6 Å². The summed E-state index contributed by atoms with van der Waals surface area (Å²) in [6.07, 6.45) is 3.32. The van der Waals surface area contributed by atoms with Crippen molar-refractivity contribution in [3.8, 4) is 0 Å². The average molecular weight is 448 g/mol. The third-order valence-corrected chi connectivity index (χ3v) is 10.1. The van der Waals surface area contributed by atoms with Crippen LogP contribution in [0.3, 0.4) is 0 Å². The highest BCUT2D eigenvalue weighted by Gasteiger charge is 2.67. The van der Waals surface area contributed by atoms with Crippen LogP contribution >= 0.6 is 0 Å². The number of allylic oxidation sites excluding steroid dienone is 1. The Bertz CT molecular complexity index is 857. The fraction of sp³-hybridized carbons (Fsp3) is 0.840. The summed E-state index contributed by atoms with van der Waals surface area (Å²) < 4.78 is 0. The van der Waals surface area contributed by atoms with Crippen LogP contribution in [0.5, 0.6) is 0 Å². The molecule has 4 fully saturated rings. The van der Waals surface area contributed by atoms with Crippen molar-refractivity contribution in [2.75, 3.05) is 19.6 Å². The fourth-order valence-corrected chi connectivity index (χ4v) is 8.17. The maximum Gasteiger partial charge on any atom is 0.159 e. The molecule has 0 amide bonds. The van der Waals surface area contributed by atoms with Crippen molar-refractivity contribution in [1.29, 1.82) is 0 Å². The van der Waals surface area contributed by atoms with E-state index in [0.717, 1.165) is 18.5 Å². The van der Waals surface area contributed by atoms with Gasteiger partial charge in [0.25, 0.3) is 0 Å². The number of carbonyl (C=O) groups excluding carboxylic acids is 2. The smallest absolute Gasteiger partial charge is 0.159 e. The van der Waals surface area contributed by atoms with Crippen LogP contribution < -0.4 is 0 Å². The van der Waals surface area contributed by atoms with E-state index in [0.29, 0.717) is 45.2 Å². The second-order valence-electron chi connectivity index (χ2n) is 11.7. The van der Waals surface area contributed by atoms with Crippen molar-refractivity contribution < 1.29 is 30.0 Å². The lowest BCUT2D eigenvalue weighted by atomic mass is 9.46. The topological polar surface area (TPSA) is 118 Å². The van der Waals surface area contributed by atoms with Gasteiger partial charge in [0.2, 0.25) is 0 Å². The lowest BCUT2D eigenvalue weighted by molar-refractivity contribution is -0.154. The quantitative estimate of drug-likeness (QED) is 0.506. The molecule has 0 bridgehead atoms. The zero-order chi connectivity index (χ0) is 23.1. The largest absolute Gasteiger partial charge is 0.392 e. The van der Waals surface area contributed by atoms with Crippen LogP contribution in [0.4, 0.5) is 0 Å². The Morgan fingerprint density at radius 2 is 1.84 bits per heavy atom. The Morgan fingerprint density at radius 1 is 1.09 bits per heavy atom. The van der Waals surface area contributed by atoms with E-state index < -0.39 is 28.6 Å². The maximum atomic E-state index is 13.3. The SMILES string of the molecule is CC12C[C@H](O)C(O)CC1C(=O)C=C1C2CCC2(C)C(C(=O)CN3CCC(O)C3)CCC12O. The first-order valence-corrected chi connectivity index (χ1v) is 12.3. The molecule has 1 heterocycles. The van der Waals surface area contributed by atoms with Gasteiger partial charge in [-0.3, -0.25) is 14.5 Å². The van der Waals surface area contributed by atoms with E-state index in [1.165, 1.54) is 0 Å². The molecule has 1 saturated heterocycles. The summed E-state index contributed by atoms with van der Waals surface area (Å²) >= 11 is 0. The van der Waals surface area contributed by atoms with Crippen molar-refractivity contribution in [2.45, 2.75) is 82.7 Å². The standard InChI is InChI=1S/C25H37NO6/c1-23-11-21(30)20(29)10-18(23)19(28)9-17-15(23)3-6-24(2)16(4-7-25(17,24)32)22(31)13-26-8-5-14(27)12-26/h9,14-16,18,20-21,27,29-30,32H,3-8,10-13H2,1-2H3/t14?,15?,16?,18?,20?,21-,23?,24?,25?/m0/s1. The third kappa shape index (κ3) is 3.04. The summed E-state index contributed by atoms with van der Waals surface area (Å²) in [4.78, 5) is 28.5. The molecule has 7 heteroatoms. The van der Waals surface area contributed by atoms with Crippen LogP contribution in [0.2, 0.25) is 0 Å². The molecule has 0 spiro atoms. The molecule has 32 heavy (non-hydrogen) atoms. The highest BCUT2D eigenvalue weighted by molar-refractivity contribution is 5.95. The molecular weight excluding hydrogens is 410 g/mol. The normalized spacial score (nSPS) is 51.1. The first-order valence-electron chi connectivity index (χ1n) is 12.3. The fourth-order valence-electron chi connectivity index (χ4n) is 8.17. The van der Waals surface area contributed by atoms with Crippen LogP contribution in [-0.4, -0.2) is 80.4 Å².